The van der Waals surface area contributed by atoms with E-state index in [9.17, 15) is 8.42 Å². The highest BCUT2D eigenvalue weighted by Gasteiger charge is 2.47. The maximum atomic E-state index is 13.2. The number of nitrogens with zero attached hydrogens (tertiary/aromatic N) is 3. The van der Waals surface area contributed by atoms with Gasteiger partial charge >= 0.3 is 0 Å². The van der Waals surface area contributed by atoms with E-state index in [1.165, 1.54) is 0 Å². The number of hydrogen-bond acceptors (Lipinski definition) is 3. The van der Waals surface area contributed by atoms with E-state index in [1.807, 2.05) is 30.8 Å². The van der Waals surface area contributed by atoms with E-state index >= 15 is 0 Å². The van der Waals surface area contributed by atoms with E-state index in [4.69, 9.17) is 11.6 Å². The largest absolute Gasteiger partial charge is 0.268 e. The first kappa shape index (κ1) is 17.1. The summed E-state index contributed by atoms with van der Waals surface area (Å²) in [6.45, 7) is 3.95. The van der Waals surface area contributed by atoms with Crippen molar-refractivity contribution in [3.63, 3.8) is 0 Å². The van der Waals surface area contributed by atoms with Gasteiger partial charge in [-0.05, 0) is 62.8 Å². The molecule has 0 radical (unpaired) electrons. The van der Waals surface area contributed by atoms with Crippen molar-refractivity contribution < 1.29 is 8.42 Å². The number of hydrogen-bond donors (Lipinski definition) is 0. The Morgan fingerprint density at radius 2 is 1.76 bits per heavy atom. The van der Waals surface area contributed by atoms with Crippen molar-refractivity contribution in [2.24, 2.45) is 0 Å². The van der Waals surface area contributed by atoms with Gasteiger partial charge in [-0.1, -0.05) is 17.7 Å². The van der Waals surface area contributed by atoms with Crippen molar-refractivity contribution >= 4 is 21.6 Å². The molecular weight excluding hydrogens is 358 g/mol. The zero-order valence-corrected chi connectivity index (χ0v) is 16.0. The smallest absolute Gasteiger partial charge is 0.243 e. The van der Waals surface area contributed by atoms with E-state index < -0.39 is 10.0 Å². The first-order valence-electron chi connectivity index (χ1n) is 8.66. The molecule has 2 aliphatic heterocycles. The van der Waals surface area contributed by atoms with E-state index in [-0.39, 0.29) is 18.1 Å². The third kappa shape index (κ3) is 2.90. The molecule has 0 aliphatic carbocycles. The predicted octanol–water partition coefficient (Wildman–Crippen LogP) is 3.71. The van der Waals surface area contributed by atoms with Gasteiger partial charge in [0.15, 0.2) is 0 Å². The van der Waals surface area contributed by atoms with Gasteiger partial charge in [0.2, 0.25) is 10.0 Å². The van der Waals surface area contributed by atoms with Crippen LogP contribution in [0.3, 0.4) is 0 Å². The number of sulfonamides is 1. The maximum Gasteiger partial charge on any atom is 0.243 e. The van der Waals surface area contributed by atoms with Crippen LogP contribution in [0, 0.1) is 13.8 Å². The van der Waals surface area contributed by atoms with Crippen LogP contribution in [0.15, 0.2) is 35.5 Å². The molecule has 134 valence electrons. The molecule has 0 saturated carbocycles. The van der Waals surface area contributed by atoms with Crippen molar-refractivity contribution in [3.8, 4) is 0 Å². The lowest BCUT2D eigenvalue weighted by Crippen LogP contribution is -2.46. The predicted molar refractivity (Wildman–Crippen MR) is 97.3 cm³/mol. The van der Waals surface area contributed by atoms with Crippen molar-refractivity contribution in [1.82, 2.24) is 14.1 Å². The molecule has 2 bridgehead atoms. The number of halogens is 1. The Balaban J connectivity index is 1.63. The van der Waals surface area contributed by atoms with Gasteiger partial charge in [-0.25, -0.2) is 8.42 Å². The summed E-state index contributed by atoms with van der Waals surface area (Å²) in [6.07, 6.45) is 6.89. The van der Waals surface area contributed by atoms with Crippen LogP contribution in [-0.4, -0.2) is 34.6 Å². The molecule has 0 N–H and O–H groups in total. The van der Waals surface area contributed by atoms with Gasteiger partial charge in [0.25, 0.3) is 0 Å². The summed E-state index contributed by atoms with van der Waals surface area (Å²) in [5.74, 6) is 0. The molecule has 2 saturated heterocycles. The molecule has 0 spiro atoms. The molecule has 1 aromatic carbocycles. The lowest BCUT2D eigenvalue weighted by molar-refractivity contribution is 0.185. The van der Waals surface area contributed by atoms with Gasteiger partial charge in [-0.3, -0.25) is 4.68 Å². The number of aryl methyl sites for hydroxylation is 2. The molecule has 25 heavy (non-hydrogen) atoms. The van der Waals surface area contributed by atoms with Crippen LogP contribution >= 0.6 is 11.6 Å². The van der Waals surface area contributed by atoms with Gasteiger partial charge in [0, 0.05) is 18.3 Å². The number of benzene rings is 1. The average molecular weight is 380 g/mol. The van der Waals surface area contributed by atoms with Crippen molar-refractivity contribution in [2.75, 3.05) is 0 Å². The zero-order chi connectivity index (χ0) is 17.8. The second-order valence-corrected chi connectivity index (χ2v) is 9.51. The molecule has 7 heteroatoms. The minimum absolute atomic E-state index is 0.0401. The molecule has 2 atom stereocenters. The minimum atomic E-state index is -3.46. The molecule has 2 fully saturated rings. The Morgan fingerprint density at radius 1 is 1.08 bits per heavy atom. The maximum absolute atomic E-state index is 13.2. The van der Waals surface area contributed by atoms with E-state index in [0.29, 0.717) is 9.92 Å². The SMILES string of the molecule is Cc1ccc(S(=O)(=O)N2C3CCC2CC(n2cc(Cl)cn2)C3)cc1C. The topological polar surface area (TPSA) is 55.2 Å². The molecule has 3 heterocycles. The van der Waals surface area contributed by atoms with Crippen molar-refractivity contribution in [2.45, 2.75) is 62.6 Å². The Morgan fingerprint density at radius 3 is 2.32 bits per heavy atom. The number of rotatable bonds is 3. The molecular formula is C18H22ClN3O2S. The van der Waals surface area contributed by atoms with Crippen molar-refractivity contribution in [3.05, 3.63) is 46.7 Å². The fraction of sp³-hybridized carbons (Fsp3) is 0.500. The summed E-state index contributed by atoms with van der Waals surface area (Å²) >= 11 is 5.99. The lowest BCUT2D eigenvalue weighted by atomic mass is 10.00. The molecule has 2 unspecified atom stereocenters. The van der Waals surface area contributed by atoms with Crippen LogP contribution in [0.2, 0.25) is 5.02 Å². The molecule has 4 rings (SSSR count). The van der Waals surface area contributed by atoms with Crippen LogP contribution in [0.1, 0.15) is 42.9 Å². The average Bonchev–Trinajstić information content (AvgIpc) is 3.12. The highest BCUT2D eigenvalue weighted by atomic mass is 35.5. The van der Waals surface area contributed by atoms with Gasteiger partial charge in [-0.15, -0.1) is 0 Å². The van der Waals surface area contributed by atoms with Crippen LogP contribution in [0.4, 0.5) is 0 Å². The molecule has 2 aliphatic rings. The third-order valence-corrected chi connectivity index (χ3v) is 7.84. The van der Waals surface area contributed by atoms with Crippen LogP contribution < -0.4 is 0 Å². The Kier molecular flexibility index (Phi) is 4.17. The normalized spacial score (nSPS) is 26.9. The summed E-state index contributed by atoms with van der Waals surface area (Å²) in [7, 11) is -3.46. The fourth-order valence-electron chi connectivity index (χ4n) is 4.22. The molecule has 5 nitrogen and oxygen atoms in total. The summed E-state index contributed by atoms with van der Waals surface area (Å²) in [5.41, 5.74) is 2.12. The Hall–Kier alpha value is -1.37. The summed E-state index contributed by atoms with van der Waals surface area (Å²) in [4.78, 5) is 0.410. The zero-order valence-electron chi connectivity index (χ0n) is 14.4. The van der Waals surface area contributed by atoms with Gasteiger partial charge in [0.05, 0.1) is 22.2 Å². The molecule has 2 aromatic rings. The number of fused-ring (bicyclic) bond motifs is 2. The second kappa shape index (κ2) is 6.11. The van der Waals surface area contributed by atoms with Gasteiger partial charge in [0.1, 0.15) is 0 Å². The van der Waals surface area contributed by atoms with E-state index in [0.717, 1.165) is 36.8 Å². The Bertz CT molecular complexity index is 895. The third-order valence-electron chi connectivity index (χ3n) is 5.64. The minimum Gasteiger partial charge on any atom is -0.268 e. The summed E-state index contributed by atoms with van der Waals surface area (Å²) < 4.78 is 30.1. The molecule has 0 amide bonds. The lowest BCUT2D eigenvalue weighted by Gasteiger charge is -2.38. The number of aromatic nitrogens is 2. The monoisotopic (exact) mass is 379 g/mol. The van der Waals surface area contributed by atoms with Gasteiger partial charge in [-0.2, -0.15) is 9.40 Å². The van der Waals surface area contributed by atoms with Crippen LogP contribution in [0.25, 0.3) is 0 Å². The first-order valence-corrected chi connectivity index (χ1v) is 10.5. The highest BCUT2D eigenvalue weighted by Crippen LogP contribution is 2.43. The number of piperidine rings is 1. The van der Waals surface area contributed by atoms with E-state index in [1.54, 1.807) is 22.6 Å². The first-order chi connectivity index (χ1) is 11.9. The quantitative estimate of drug-likeness (QED) is 0.816. The van der Waals surface area contributed by atoms with Crippen molar-refractivity contribution in [1.29, 1.82) is 0 Å². The standard InChI is InChI=1S/C18H22ClN3O2S/c1-12-3-6-18(7-13(12)2)25(23,24)22-15-4-5-16(22)9-17(8-15)21-11-14(19)10-20-21/h3,6-7,10-11,15-17H,4-5,8-9H2,1-2H3. The second-order valence-electron chi connectivity index (χ2n) is 7.23. The molecule has 1 aromatic heterocycles. The summed E-state index contributed by atoms with van der Waals surface area (Å²) in [6, 6.07) is 5.72. The van der Waals surface area contributed by atoms with E-state index in [2.05, 4.69) is 5.10 Å². The van der Waals surface area contributed by atoms with Gasteiger partial charge < -0.3 is 0 Å². The van der Waals surface area contributed by atoms with Crippen LogP contribution in [-0.2, 0) is 10.0 Å². The highest BCUT2D eigenvalue weighted by molar-refractivity contribution is 7.89. The summed E-state index contributed by atoms with van der Waals surface area (Å²) in [5, 5.41) is 4.94. The Labute approximate surface area is 153 Å². The fourth-order valence-corrected chi connectivity index (χ4v) is 6.35. The van der Waals surface area contributed by atoms with Crippen LogP contribution in [0.5, 0.6) is 0 Å².